The fourth-order valence-electron chi connectivity index (χ4n) is 2.63. The van der Waals surface area contributed by atoms with Gasteiger partial charge in [0.15, 0.2) is 0 Å². The number of halogens is 1. The standard InChI is InChI=1S/C16H24FNOS/c1-11-8-13(16(3,4)5)9-12(2)15(11)20(19)18-7-6-14(17)10-18/h8-9,14H,6-7,10H2,1-5H3/t14-,20?/m1/s1. The molecule has 0 aromatic heterocycles. The maximum Gasteiger partial charge on any atom is 0.128 e. The smallest absolute Gasteiger partial charge is 0.128 e. The Morgan fingerprint density at radius 3 is 2.20 bits per heavy atom. The van der Waals surface area contributed by atoms with Crippen LogP contribution in [0.1, 0.15) is 43.9 Å². The molecule has 0 aliphatic carbocycles. The van der Waals surface area contributed by atoms with E-state index in [2.05, 4.69) is 32.9 Å². The highest BCUT2D eigenvalue weighted by Crippen LogP contribution is 2.30. The van der Waals surface area contributed by atoms with Crippen LogP contribution in [0.15, 0.2) is 17.0 Å². The summed E-state index contributed by atoms with van der Waals surface area (Å²) in [5.74, 6) is 0. The van der Waals surface area contributed by atoms with Gasteiger partial charge < -0.3 is 0 Å². The third-order valence-corrected chi connectivity index (χ3v) is 5.62. The lowest BCUT2D eigenvalue weighted by atomic mass is 9.85. The zero-order chi connectivity index (χ0) is 15.1. The highest BCUT2D eigenvalue weighted by Gasteiger charge is 2.29. The first-order chi connectivity index (χ1) is 9.20. The van der Waals surface area contributed by atoms with Gasteiger partial charge >= 0.3 is 0 Å². The van der Waals surface area contributed by atoms with Crippen LogP contribution >= 0.6 is 0 Å². The second kappa shape index (κ2) is 5.57. The minimum absolute atomic E-state index is 0.0766. The van der Waals surface area contributed by atoms with Crippen molar-refractivity contribution >= 4 is 11.0 Å². The molecule has 1 unspecified atom stereocenters. The molecule has 0 N–H and O–H groups in total. The number of hydrogen-bond donors (Lipinski definition) is 0. The lowest BCUT2D eigenvalue weighted by Gasteiger charge is -2.23. The highest BCUT2D eigenvalue weighted by atomic mass is 32.2. The molecule has 0 spiro atoms. The molecule has 2 rings (SSSR count). The highest BCUT2D eigenvalue weighted by molar-refractivity contribution is 7.82. The summed E-state index contributed by atoms with van der Waals surface area (Å²) in [4.78, 5) is 0.854. The predicted octanol–water partition coefficient (Wildman–Crippen LogP) is 3.67. The first-order valence-electron chi connectivity index (χ1n) is 7.13. The van der Waals surface area contributed by atoms with Crippen molar-refractivity contribution in [2.75, 3.05) is 13.1 Å². The number of hydrogen-bond acceptors (Lipinski definition) is 1. The van der Waals surface area contributed by atoms with Gasteiger partial charge in [0.25, 0.3) is 0 Å². The summed E-state index contributed by atoms with van der Waals surface area (Å²) in [7, 11) is -1.24. The van der Waals surface area contributed by atoms with Gasteiger partial charge in [0.2, 0.25) is 0 Å². The molecule has 4 heteroatoms. The van der Waals surface area contributed by atoms with E-state index in [9.17, 15) is 8.60 Å². The third-order valence-electron chi connectivity index (χ3n) is 3.83. The summed E-state index contributed by atoms with van der Waals surface area (Å²) in [5.41, 5.74) is 3.40. The summed E-state index contributed by atoms with van der Waals surface area (Å²) in [5, 5.41) is 0. The van der Waals surface area contributed by atoms with E-state index in [-0.39, 0.29) is 12.0 Å². The van der Waals surface area contributed by atoms with Crippen molar-refractivity contribution in [3.63, 3.8) is 0 Å². The monoisotopic (exact) mass is 297 g/mol. The van der Waals surface area contributed by atoms with E-state index in [0.717, 1.165) is 16.0 Å². The lowest BCUT2D eigenvalue weighted by molar-refractivity contribution is 0.347. The molecule has 1 saturated heterocycles. The van der Waals surface area contributed by atoms with Crippen molar-refractivity contribution in [2.24, 2.45) is 0 Å². The summed E-state index contributed by atoms with van der Waals surface area (Å²) in [6, 6.07) is 4.23. The molecule has 1 aliphatic heterocycles. The Balaban J connectivity index is 2.36. The van der Waals surface area contributed by atoms with Crippen molar-refractivity contribution in [2.45, 2.75) is 57.5 Å². The maximum atomic E-state index is 13.3. The molecule has 112 valence electrons. The Hall–Kier alpha value is -0.740. The Kier molecular flexibility index (Phi) is 4.35. The molecule has 1 aromatic rings. The van der Waals surface area contributed by atoms with E-state index in [1.54, 1.807) is 4.31 Å². The molecular weight excluding hydrogens is 273 g/mol. The topological polar surface area (TPSA) is 20.3 Å². The van der Waals surface area contributed by atoms with Crippen molar-refractivity contribution in [1.29, 1.82) is 0 Å². The molecule has 20 heavy (non-hydrogen) atoms. The van der Waals surface area contributed by atoms with Gasteiger partial charge in [0.05, 0.1) is 4.90 Å². The summed E-state index contributed by atoms with van der Waals surface area (Å²) in [6.45, 7) is 11.4. The number of aryl methyl sites for hydroxylation is 2. The average molecular weight is 297 g/mol. The van der Waals surface area contributed by atoms with Crippen LogP contribution in [0.2, 0.25) is 0 Å². The van der Waals surface area contributed by atoms with E-state index in [1.165, 1.54) is 5.56 Å². The molecule has 1 fully saturated rings. The molecule has 0 radical (unpaired) electrons. The van der Waals surface area contributed by atoms with E-state index in [4.69, 9.17) is 0 Å². The molecule has 0 saturated carbocycles. The SMILES string of the molecule is Cc1cc(C(C)(C)C)cc(C)c1S(=O)N1CC[C@@H](F)C1. The number of benzene rings is 1. The van der Waals surface area contributed by atoms with Gasteiger partial charge in [-0.3, -0.25) is 0 Å². The zero-order valence-electron chi connectivity index (χ0n) is 13.0. The minimum atomic E-state index is -1.24. The van der Waals surface area contributed by atoms with Gasteiger partial charge in [-0.25, -0.2) is 12.9 Å². The van der Waals surface area contributed by atoms with Crippen molar-refractivity contribution in [1.82, 2.24) is 4.31 Å². The molecule has 1 heterocycles. The first kappa shape index (κ1) is 15.6. The van der Waals surface area contributed by atoms with Crippen LogP contribution in [0.3, 0.4) is 0 Å². The number of nitrogens with zero attached hydrogens (tertiary/aromatic N) is 1. The Morgan fingerprint density at radius 1 is 1.25 bits per heavy atom. The Morgan fingerprint density at radius 2 is 1.80 bits per heavy atom. The minimum Gasteiger partial charge on any atom is -0.246 e. The summed E-state index contributed by atoms with van der Waals surface area (Å²) < 4.78 is 27.7. The van der Waals surface area contributed by atoms with Crippen LogP contribution in [0.4, 0.5) is 4.39 Å². The number of rotatable bonds is 2. The van der Waals surface area contributed by atoms with Crippen molar-refractivity contribution in [3.05, 3.63) is 28.8 Å². The van der Waals surface area contributed by atoms with Gasteiger partial charge in [0.1, 0.15) is 17.2 Å². The second-order valence-corrected chi connectivity index (χ2v) is 8.14. The third kappa shape index (κ3) is 3.12. The van der Waals surface area contributed by atoms with E-state index >= 15 is 0 Å². The van der Waals surface area contributed by atoms with E-state index in [0.29, 0.717) is 13.0 Å². The fourth-order valence-corrected chi connectivity index (χ4v) is 4.12. The Labute approximate surface area is 124 Å². The van der Waals surface area contributed by atoms with Crippen LogP contribution in [-0.4, -0.2) is 27.8 Å². The van der Waals surface area contributed by atoms with Crippen molar-refractivity contribution in [3.8, 4) is 0 Å². The molecule has 0 amide bonds. The quantitative estimate of drug-likeness (QED) is 0.815. The largest absolute Gasteiger partial charge is 0.246 e. The molecule has 2 atom stereocenters. The normalized spacial score (nSPS) is 22.2. The fraction of sp³-hybridized carbons (Fsp3) is 0.625. The summed E-state index contributed by atoms with van der Waals surface area (Å²) >= 11 is 0. The van der Waals surface area contributed by atoms with Crippen LogP contribution < -0.4 is 0 Å². The van der Waals surface area contributed by atoms with Crippen LogP contribution in [0.5, 0.6) is 0 Å². The van der Waals surface area contributed by atoms with Gasteiger partial charge in [-0.15, -0.1) is 0 Å². The van der Waals surface area contributed by atoms with Gasteiger partial charge in [-0.1, -0.05) is 32.9 Å². The Bertz CT molecular complexity index is 513. The molecule has 2 nitrogen and oxygen atoms in total. The van der Waals surface area contributed by atoms with Gasteiger partial charge in [0, 0.05) is 13.1 Å². The molecule has 1 aromatic carbocycles. The average Bonchev–Trinajstić information content (AvgIpc) is 2.73. The van der Waals surface area contributed by atoms with E-state index in [1.807, 2.05) is 13.8 Å². The molecule has 0 bridgehead atoms. The van der Waals surface area contributed by atoms with Crippen LogP contribution in [0, 0.1) is 13.8 Å². The van der Waals surface area contributed by atoms with Crippen LogP contribution in [-0.2, 0) is 16.4 Å². The zero-order valence-corrected chi connectivity index (χ0v) is 13.8. The van der Waals surface area contributed by atoms with Gasteiger partial charge in [-0.2, -0.15) is 0 Å². The first-order valence-corrected chi connectivity index (χ1v) is 8.23. The summed E-state index contributed by atoms with van der Waals surface area (Å²) in [6.07, 6.45) is -0.349. The number of alkyl halides is 1. The lowest BCUT2D eigenvalue weighted by Crippen LogP contribution is -2.25. The van der Waals surface area contributed by atoms with Crippen molar-refractivity contribution < 1.29 is 8.60 Å². The predicted molar refractivity (Wildman–Crippen MR) is 82.1 cm³/mol. The second-order valence-electron chi connectivity index (χ2n) is 6.71. The molecule has 1 aliphatic rings. The van der Waals surface area contributed by atoms with E-state index < -0.39 is 17.2 Å². The maximum absolute atomic E-state index is 13.3. The van der Waals surface area contributed by atoms with Gasteiger partial charge in [-0.05, 0) is 42.4 Å². The van der Waals surface area contributed by atoms with Crippen LogP contribution in [0.25, 0.3) is 0 Å². The molecular formula is C16H24FNOS.